The van der Waals surface area contributed by atoms with Crippen molar-refractivity contribution in [2.75, 3.05) is 17.7 Å². The molecule has 0 amide bonds. The Morgan fingerprint density at radius 3 is 2.69 bits per heavy atom. The summed E-state index contributed by atoms with van der Waals surface area (Å²) in [5.74, 6) is 0.460. The largest absolute Gasteiger partial charge is 0.394 e. The number of aryl methyl sites for hydroxylation is 1. The van der Waals surface area contributed by atoms with Gasteiger partial charge in [0.2, 0.25) is 11.8 Å². The van der Waals surface area contributed by atoms with Crippen molar-refractivity contribution in [3.05, 3.63) is 48.0 Å². The number of nitrogens with zero attached hydrogens (tertiary/aromatic N) is 8. The zero-order valence-electron chi connectivity index (χ0n) is 18.9. The number of anilines is 2. The van der Waals surface area contributed by atoms with Gasteiger partial charge in [-0.05, 0) is 24.1 Å². The van der Waals surface area contributed by atoms with Crippen molar-refractivity contribution in [3.63, 3.8) is 0 Å². The van der Waals surface area contributed by atoms with Crippen molar-refractivity contribution in [3.8, 4) is 0 Å². The van der Waals surface area contributed by atoms with Crippen LogP contribution in [0.25, 0.3) is 11.2 Å². The number of aliphatic hydroxyl groups excluding tert-OH is 3. The van der Waals surface area contributed by atoms with Crippen LogP contribution in [0, 0.1) is 0 Å². The maximum atomic E-state index is 10.7. The predicted molar refractivity (Wildman–Crippen MR) is 123 cm³/mol. The number of nitrogens with two attached hydrogens (primary N) is 1. The first kappa shape index (κ1) is 23.0. The number of tetrazole rings is 1. The van der Waals surface area contributed by atoms with Crippen LogP contribution in [0.4, 0.5) is 11.8 Å². The minimum Gasteiger partial charge on any atom is -0.394 e. The molecule has 1 saturated heterocycles. The molecule has 1 aliphatic rings. The molecule has 0 saturated carbocycles. The maximum Gasteiger partial charge on any atom is 0.227 e. The summed E-state index contributed by atoms with van der Waals surface area (Å²) in [6.07, 6.45) is -2.69. The van der Waals surface area contributed by atoms with Crippen LogP contribution in [-0.2, 0) is 17.7 Å². The highest BCUT2D eigenvalue weighted by Gasteiger charge is 2.47. The molecule has 14 heteroatoms. The van der Waals surface area contributed by atoms with Crippen molar-refractivity contribution in [1.82, 2.24) is 39.7 Å². The first-order valence-electron chi connectivity index (χ1n) is 11.2. The summed E-state index contributed by atoms with van der Waals surface area (Å²) >= 11 is 0. The smallest absolute Gasteiger partial charge is 0.227 e. The Kier molecular flexibility index (Phi) is 6.25. The minimum atomic E-state index is -1.32. The number of imidazole rings is 1. The molecule has 1 fully saturated rings. The van der Waals surface area contributed by atoms with Crippen LogP contribution in [0.2, 0.25) is 0 Å². The van der Waals surface area contributed by atoms with Crippen LogP contribution in [-0.4, -0.2) is 79.9 Å². The molecule has 6 N–H and O–H groups in total. The Morgan fingerprint density at radius 2 is 1.97 bits per heavy atom. The summed E-state index contributed by atoms with van der Waals surface area (Å²) in [5.41, 5.74) is 7.76. The van der Waals surface area contributed by atoms with E-state index in [-0.39, 0.29) is 30.2 Å². The van der Waals surface area contributed by atoms with Crippen molar-refractivity contribution in [2.24, 2.45) is 0 Å². The number of benzene rings is 1. The number of aliphatic hydroxyl groups is 3. The lowest BCUT2D eigenvalue weighted by atomic mass is 10.1. The minimum absolute atomic E-state index is 0.116. The van der Waals surface area contributed by atoms with Gasteiger partial charge in [-0.3, -0.25) is 4.57 Å². The fourth-order valence-electron chi connectivity index (χ4n) is 4.04. The number of nitrogen functional groups attached to an aromatic ring is 1. The Bertz CT molecular complexity index is 1300. The van der Waals surface area contributed by atoms with Gasteiger partial charge >= 0.3 is 0 Å². The van der Waals surface area contributed by atoms with Gasteiger partial charge in [-0.1, -0.05) is 30.3 Å². The SMILES string of the molecule is CCn1nnc([C@H]2O[C@@H](n3cnc4c(N)nc(N[C@H](CO)Cc5ccccc5)nc43)[C@H](O)[C@@H]2O)n1. The lowest BCUT2D eigenvalue weighted by molar-refractivity contribution is -0.0384. The lowest BCUT2D eigenvalue weighted by Gasteiger charge is -2.18. The van der Waals surface area contributed by atoms with Crippen LogP contribution in [0.1, 0.15) is 30.6 Å². The number of rotatable bonds is 8. The fraction of sp³-hybridized carbons (Fsp3) is 0.429. The summed E-state index contributed by atoms with van der Waals surface area (Å²) in [7, 11) is 0. The first-order valence-corrected chi connectivity index (χ1v) is 11.2. The number of aromatic nitrogens is 8. The fourth-order valence-corrected chi connectivity index (χ4v) is 4.04. The van der Waals surface area contributed by atoms with E-state index in [1.54, 1.807) is 0 Å². The summed E-state index contributed by atoms with van der Waals surface area (Å²) in [4.78, 5) is 14.4. The van der Waals surface area contributed by atoms with Gasteiger partial charge in [0.15, 0.2) is 23.8 Å². The van der Waals surface area contributed by atoms with E-state index < -0.39 is 24.5 Å². The zero-order chi connectivity index (χ0) is 24.5. The molecule has 5 atom stereocenters. The molecule has 4 aromatic rings. The average molecular weight is 483 g/mol. The third kappa shape index (κ3) is 4.39. The van der Waals surface area contributed by atoms with Gasteiger partial charge in [0.25, 0.3) is 0 Å². The van der Waals surface area contributed by atoms with E-state index in [0.717, 1.165) is 5.56 Å². The molecule has 1 aromatic carbocycles. The second-order valence-electron chi connectivity index (χ2n) is 8.23. The monoisotopic (exact) mass is 482 g/mol. The van der Waals surface area contributed by atoms with E-state index in [1.807, 2.05) is 37.3 Å². The van der Waals surface area contributed by atoms with Gasteiger partial charge in [-0.25, -0.2) is 4.98 Å². The Hall–Kier alpha value is -3.72. The van der Waals surface area contributed by atoms with Crippen molar-refractivity contribution in [2.45, 2.75) is 50.5 Å². The molecule has 4 heterocycles. The summed E-state index contributed by atoms with van der Waals surface area (Å²) in [5, 5.41) is 46.3. The summed E-state index contributed by atoms with van der Waals surface area (Å²) in [6, 6.07) is 9.34. The van der Waals surface area contributed by atoms with Gasteiger partial charge in [-0.2, -0.15) is 14.8 Å². The van der Waals surface area contributed by atoms with Crippen LogP contribution >= 0.6 is 0 Å². The molecular formula is C21H26N10O4. The molecule has 3 aromatic heterocycles. The zero-order valence-corrected chi connectivity index (χ0v) is 18.9. The Labute approximate surface area is 199 Å². The highest BCUT2D eigenvalue weighted by molar-refractivity contribution is 5.83. The summed E-state index contributed by atoms with van der Waals surface area (Å²) in [6.45, 7) is 2.20. The third-order valence-electron chi connectivity index (χ3n) is 5.85. The van der Waals surface area contributed by atoms with Crippen molar-refractivity contribution < 1.29 is 20.1 Å². The second-order valence-corrected chi connectivity index (χ2v) is 8.23. The highest BCUT2D eigenvalue weighted by atomic mass is 16.6. The standard InChI is InChI=1S/C21H26N10O4/c1-2-31-28-18(27-29-31)16-14(33)15(34)20(35-16)30-10-23-13-17(22)25-21(26-19(13)30)24-12(9-32)8-11-6-4-3-5-7-11/h3-7,10,12,14-16,20,32-34H,2,8-9H2,1H3,(H3,22,24,25,26)/t12-,14-,15+,16-,20+/m0/s1. The van der Waals surface area contributed by atoms with Crippen molar-refractivity contribution in [1.29, 1.82) is 0 Å². The average Bonchev–Trinajstić information content (AvgIpc) is 3.58. The molecule has 184 valence electrons. The number of nitrogens with one attached hydrogen (secondary N) is 1. The highest BCUT2D eigenvalue weighted by Crippen LogP contribution is 2.38. The van der Waals surface area contributed by atoms with Gasteiger partial charge in [0.05, 0.1) is 25.5 Å². The summed E-state index contributed by atoms with van der Waals surface area (Å²) < 4.78 is 7.40. The van der Waals surface area contributed by atoms with E-state index in [9.17, 15) is 15.3 Å². The van der Waals surface area contributed by atoms with Gasteiger partial charge < -0.3 is 31.1 Å². The van der Waals surface area contributed by atoms with Gasteiger partial charge in [0, 0.05) is 0 Å². The number of ether oxygens (including phenoxy) is 1. The number of hydrogen-bond acceptors (Lipinski definition) is 12. The van der Waals surface area contributed by atoms with Gasteiger partial charge in [-0.15, -0.1) is 10.2 Å². The quantitative estimate of drug-likeness (QED) is 0.215. The molecule has 14 nitrogen and oxygen atoms in total. The Balaban J connectivity index is 1.42. The van der Waals surface area contributed by atoms with E-state index in [1.165, 1.54) is 15.7 Å². The predicted octanol–water partition coefficient (Wildman–Crippen LogP) is -0.578. The molecule has 0 bridgehead atoms. The molecule has 0 spiro atoms. The third-order valence-corrected chi connectivity index (χ3v) is 5.85. The van der Waals surface area contributed by atoms with Crippen molar-refractivity contribution >= 4 is 22.9 Å². The molecule has 0 radical (unpaired) electrons. The van der Waals surface area contributed by atoms with E-state index in [0.29, 0.717) is 24.1 Å². The first-order chi connectivity index (χ1) is 17.0. The van der Waals surface area contributed by atoms with E-state index in [2.05, 4.69) is 35.7 Å². The molecule has 5 rings (SSSR count). The van der Waals surface area contributed by atoms with Crippen LogP contribution in [0.5, 0.6) is 0 Å². The van der Waals surface area contributed by atoms with Crippen LogP contribution < -0.4 is 11.1 Å². The maximum absolute atomic E-state index is 10.7. The van der Waals surface area contributed by atoms with E-state index >= 15 is 0 Å². The van der Waals surface area contributed by atoms with E-state index in [4.69, 9.17) is 10.5 Å². The van der Waals surface area contributed by atoms with Crippen LogP contribution in [0.3, 0.4) is 0 Å². The normalized spacial score (nSPS) is 23.1. The molecule has 0 unspecified atom stereocenters. The van der Waals surface area contributed by atoms with Crippen LogP contribution in [0.15, 0.2) is 36.7 Å². The molecule has 35 heavy (non-hydrogen) atoms. The molecule has 0 aliphatic carbocycles. The Morgan fingerprint density at radius 1 is 1.17 bits per heavy atom. The molecular weight excluding hydrogens is 456 g/mol. The second kappa shape index (κ2) is 9.50. The number of hydrogen-bond donors (Lipinski definition) is 5. The lowest BCUT2D eigenvalue weighted by Crippen LogP contribution is -2.29. The number of fused-ring (bicyclic) bond motifs is 1. The van der Waals surface area contributed by atoms with Gasteiger partial charge in [0.1, 0.15) is 17.7 Å². The molecule has 1 aliphatic heterocycles. The topological polar surface area (TPSA) is 195 Å².